The summed E-state index contributed by atoms with van der Waals surface area (Å²) in [5, 5.41) is 8.26. The summed E-state index contributed by atoms with van der Waals surface area (Å²) in [6.45, 7) is 14.2. The molecule has 0 radical (unpaired) electrons. The van der Waals surface area contributed by atoms with Crippen LogP contribution in [0.1, 0.15) is 75.5 Å². The monoisotopic (exact) mass is 428 g/mol. The van der Waals surface area contributed by atoms with Gasteiger partial charge < -0.3 is 10.2 Å². The Balaban J connectivity index is 1.71. The van der Waals surface area contributed by atoms with Crippen molar-refractivity contribution in [3.8, 4) is 0 Å². The van der Waals surface area contributed by atoms with Crippen molar-refractivity contribution in [2.45, 2.75) is 59.4 Å². The predicted octanol–water partition coefficient (Wildman–Crippen LogP) is 2.81. The van der Waals surface area contributed by atoms with Crippen molar-refractivity contribution >= 4 is 22.8 Å². The molecule has 2 aromatic heterocycles. The third-order valence-corrected chi connectivity index (χ3v) is 5.78. The standard InChI is InChI=1S/C23H36N6O2/c1-6-7-8-24-21(30)15-27-9-11-28(12-10-27)23(31)18-13-20(16(2)3)26-22-19(18)14-25-29(22)17(4)5/h13-14,16-17H,6-12,15H2,1-5H3,(H,24,30). The van der Waals surface area contributed by atoms with Crippen molar-refractivity contribution in [3.05, 3.63) is 23.5 Å². The molecule has 8 nitrogen and oxygen atoms in total. The Morgan fingerprint density at radius 2 is 1.84 bits per heavy atom. The van der Waals surface area contributed by atoms with Crippen LogP contribution in [0.5, 0.6) is 0 Å². The number of nitrogens with zero attached hydrogens (tertiary/aromatic N) is 5. The first kappa shape index (κ1) is 23.2. The Labute approximate surface area is 185 Å². The second-order valence-corrected chi connectivity index (χ2v) is 8.94. The summed E-state index contributed by atoms with van der Waals surface area (Å²) in [5.41, 5.74) is 2.35. The minimum absolute atomic E-state index is 0.0182. The first-order valence-corrected chi connectivity index (χ1v) is 11.5. The van der Waals surface area contributed by atoms with Crippen LogP contribution in [0.15, 0.2) is 12.3 Å². The summed E-state index contributed by atoms with van der Waals surface area (Å²) in [7, 11) is 0. The highest BCUT2D eigenvalue weighted by Gasteiger charge is 2.26. The number of amides is 2. The molecule has 1 aliphatic heterocycles. The smallest absolute Gasteiger partial charge is 0.254 e. The van der Waals surface area contributed by atoms with Gasteiger partial charge >= 0.3 is 0 Å². The average molecular weight is 429 g/mol. The van der Waals surface area contributed by atoms with Gasteiger partial charge in [-0.05, 0) is 32.3 Å². The lowest BCUT2D eigenvalue weighted by atomic mass is 10.0. The van der Waals surface area contributed by atoms with Crippen molar-refractivity contribution in [1.82, 2.24) is 29.9 Å². The number of hydrogen-bond donors (Lipinski definition) is 1. The fourth-order valence-electron chi connectivity index (χ4n) is 3.83. The van der Waals surface area contributed by atoms with E-state index >= 15 is 0 Å². The molecular formula is C23H36N6O2. The van der Waals surface area contributed by atoms with E-state index in [1.165, 1.54) is 0 Å². The van der Waals surface area contributed by atoms with E-state index in [1.54, 1.807) is 6.20 Å². The molecule has 0 atom stereocenters. The molecule has 0 spiro atoms. The lowest BCUT2D eigenvalue weighted by Crippen LogP contribution is -2.51. The van der Waals surface area contributed by atoms with Gasteiger partial charge in [-0.25, -0.2) is 9.67 Å². The number of carbonyl (C=O) groups excluding carboxylic acids is 2. The van der Waals surface area contributed by atoms with Crippen molar-refractivity contribution in [1.29, 1.82) is 0 Å². The number of fused-ring (bicyclic) bond motifs is 1. The first-order valence-electron chi connectivity index (χ1n) is 11.5. The summed E-state index contributed by atoms with van der Waals surface area (Å²) in [6, 6.07) is 2.09. The van der Waals surface area contributed by atoms with Crippen molar-refractivity contribution in [2.75, 3.05) is 39.3 Å². The number of aromatic nitrogens is 3. The van der Waals surface area contributed by atoms with Gasteiger partial charge in [0.05, 0.1) is 23.7 Å². The van der Waals surface area contributed by atoms with Crippen LogP contribution in [-0.2, 0) is 4.79 Å². The summed E-state index contributed by atoms with van der Waals surface area (Å²) in [5.74, 6) is 0.297. The van der Waals surface area contributed by atoms with Gasteiger partial charge in [0.1, 0.15) is 0 Å². The summed E-state index contributed by atoms with van der Waals surface area (Å²) in [6.07, 6.45) is 3.83. The largest absolute Gasteiger partial charge is 0.355 e. The third kappa shape index (κ3) is 5.42. The average Bonchev–Trinajstić information content (AvgIpc) is 3.17. The maximum Gasteiger partial charge on any atom is 0.254 e. The number of unbranched alkanes of at least 4 members (excludes halogenated alkanes) is 1. The zero-order chi connectivity index (χ0) is 22.5. The minimum atomic E-state index is 0.0182. The topological polar surface area (TPSA) is 83.4 Å². The molecule has 1 N–H and O–H groups in total. The van der Waals surface area contributed by atoms with E-state index in [2.05, 4.69) is 49.9 Å². The number of hydrogen-bond acceptors (Lipinski definition) is 5. The SMILES string of the molecule is CCCCNC(=O)CN1CCN(C(=O)c2cc(C(C)C)nc3c2cnn3C(C)C)CC1. The van der Waals surface area contributed by atoms with Crippen LogP contribution >= 0.6 is 0 Å². The molecule has 31 heavy (non-hydrogen) atoms. The molecule has 1 saturated heterocycles. The zero-order valence-electron chi connectivity index (χ0n) is 19.5. The Hall–Kier alpha value is -2.48. The van der Waals surface area contributed by atoms with Crippen molar-refractivity contribution < 1.29 is 9.59 Å². The van der Waals surface area contributed by atoms with Gasteiger partial charge in [0, 0.05) is 44.5 Å². The number of piperazine rings is 1. The van der Waals surface area contributed by atoms with Gasteiger partial charge in [-0.2, -0.15) is 5.10 Å². The van der Waals surface area contributed by atoms with Crippen molar-refractivity contribution in [2.24, 2.45) is 0 Å². The van der Waals surface area contributed by atoms with Gasteiger partial charge in [0.15, 0.2) is 5.65 Å². The van der Waals surface area contributed by atoms with E-state index < -0.39 is 0 Å². The Morgan fingerprint density at radius 3 is 2.45 bits per heavy atom. The molecule has 8 heteroatoms. The van der Waals surface area contributed by atoms with Gasteiger partial charge in [0.25, 0.3) is 5.91 Å². The number of pyridine rings is 1. The predicted molar refractivity (Wildman–Crippen MR) is 122 cm³/mol. The molecule has 0 aromatic carbocycles. The molecule has 1 fully saturated rings. The maximum absolute atomic E-state index is 13.4. The fourth-order valence-corrected chi connectivity index (χ4v) is 3.83. The van der Waals surface area contributed by atoms with Crippen LogP contribution < -0.4 is 5.32 Å². The van der Waals surface area contributed by atoms with Gasteiger partial charge in [0.2, 0.25) is 5.91 Å². The highest BCUT2D eigenvalue weighted by Crippen LogP contribution is 2.25. The molecule has 0 unspecified atom stereocenters. The number of rotatable bonds is 8. The molecule has 2 aromatic rings. The molecule has 0 bridgehead atoms. The molecular weight excluding hydrogens is 392 g/mol. The van der Waals surface area contributed by atoms with E-state index in [-0.39, 0.29) is 23.8 Å². The van der Waals surface area contributed by atoms with Gasteiger partial charge in [-0.3, -0.25) is 14.5 Å². The van der Waals surface area contributed by atoms with Crippen LogP contribution in [0.3, 0.4) is 0 Å². The van der Waals surface area contributed by atoms with Crippen LogP contribution in [0.2, 0.25) is 0 Å². The van der Waals surface area contributed by atoms with E-state index in [0.29, 0.717) is 38.3 Å². The van der Waals surface area contributed by atoms with Crippen LogP contribution in [0.25, 0.3) is 11.0 Å². The van der Waals surface area contributed by atoms with Gasteiger partial charge in [-0.1, -0.05) is 27.2 Å². The maximum atomic E-state index is 13.4. The lowest BCUT2D eigenvalue weighted by Gasteiger charge is -2.34. The van der Waals surface area contributed by atoms with E-state index in [4.69, 9.17) is 4.98 Å². The van der Waals surface area contributed by atoms with E-state index in [1.807, 2.05) is 15.6 Å². The molecule has 1 aliphatic rings. The fraction of sp³-hybridized carbons (Fsp3) is 0.652. The lowest BCUT2D eigenvalue weighted by molar-refractivity contribution is -0.122. The number of nitrogens with one attached hydrogen (secondary N) is 1. The second kappa shape index (κ2) is 10.2. The highest BCUT2D eigenvalue weighted by molar-refractivity contribution is 6.05. The molecule has 2 amide bonds. The van der Waals surface area contributed by atoms with Crippen LogP contribution in [0, 0.1) is 0 Å². The second-order valence-electron chi connectivity index (χ2n) is 8.94. The summed E-state index contributed by atoms with van der Waals surface area (Å²) in [4.78, 5) is 34.3. The quantitative estimate of drug-likeness (QED) is 0.654. The van der Waals surface area contributed by atoms with E-state index in [0.717, 1.165) is 36.1 Å². The first-order chi connectivity index (χ1) is 14.8. The van der Waals surface area contributed by atoms with Crippen molar-refractivity contribution in [3.63, 3.8) is 0 Å². The van der Waals surface area contributed by atoms with Crippen LogP contribution in [0.4, 0.5) is 0 Å². The van der Waals surface area contributed by atoms with Gasteiger partial charge in [-0.15, -0.1) is 0 Å². The Kier molecular flexibility index (Phi) is 7.64. The molecule has 0 saturated carbocycles. The molecule has 3 rings (SSSR count). The summed E-state index contributed by atoms with van der Waals surface area (Å²) < 4.78 is 1.88. The highest BCUT2D eigenvalue weighted by atomic mass is 16.2. The van der Waals surface area contributed by atoms with E-state index in [9.17, 15) is 9.59 Å². The Morgan fingerprint density at radius 1 is 1.13 bits per heavy atom. The molecule has 0 aliphatic carbocycles. The third-order valence-electron chi connectivity index (χ3n) is 5.78. The molecule has 3 heterocycles. The summed E-state index contributed by atoms with van der Waals surface area (Å²) >= 11 is 0. The molecule has 170 valence electrons. The van der Waals surface area contributed by atoms with Crippen LogP contribution in [-0.4, -0.2) is 75.6 Å². The Bertz CT molecular complexity index is 912. The number of carbonyl (C=O) groups is 2. The zero-order valence-corrected chi connectivity index (χ0v) is 19.5. The normalized spacial score (nSPS) is 15.3. The minimum Gasteiger partial charge on any atom is -0.355 e.